The van der Waals surface area contributed by atoms with E-state index in [1.54, 1.807) is 29.6 Å². The van der Waals surface area contributed by atoms with Gasteiger partial charge in [0.05, 0.1) is 31.6 Å². The molecular formula is C18H22N6O2. The lowest BCUT2D eigenvalue weighted by molar-refractivity contribution is -0.165. The third-order valence-electron chi connectivity index (χ3n) is 4.99. The summed E-state index contributed by atoms with van der Waals surface area (Å²) >= 11 is 0. The van der Waals surface area contributed by atoms with Crippen LogP contribution >= 0.6 is 0 Å². The highest BCUT2D eigenvalue weighted by molar-refractivity contribution is 5.92. The maximum atomic E-state index is 12.4. The van der Waals surface area contributed by atoms with Crippen molar-refractivity contribution in [1.29, 1.82) is 0 Å². The lowest BCUT2D eigenvalue weighted by atomic mass is 9.82. The second-order valence-electron chi connectivity index (χ2n) is 7.06. The lowest BCUT2D eigenvalue weighted by Crippen LogP contribution is -2.66. The summed E-state index contributed by atoms with van der Waals surface area (Å²) in [5.41, 5.74) is 1.01. The maximum Gasteiger partial charge on any atom is 0.274 e. The van der Waals surface area contributed by atoms with Gasteiger partial charge in [-0.1, -0.05) is 0 Å². The van der Waals surface area contributed by atoms with E-state index in [0.29, 0.717) is 37.3 Å². The molecule has 4 heterocycles. The Kier molecular flexibility index (Phi) is 4.50. The first-order valence-corrected chi connectivity index (χ1v) is 8.86. The molecule has 0 bridgehead atoms. The van der Waals surface area contributed by atoms with Gasteiger partial charge in [0.2, 0.25) is 5.95 Å². The molecule has 1 N–H and O–H groups in total. The molecule has 0 radical (unpaired) electrons. The molecule has 2 aliphatic heterocycles. The van der Waals surface area contributed by atoms with Crippen LogP contribution in [-0.2, 0) is 4.74 Å². The Hall–Kier alpha value is -2.61. The first-order valence-electron chi connectivity index (χ1n) is 8.86. The molecule has 1 atom stereocenters. The number of nitrogens with zero attached hydrogens (tertiary/aromatic N) is 5. The SMILES string of the molecule is Cc1cnc(C(=O)N2CC3(CC[C@@H](CNc4ncccn4)CO3)C2)cn1. The lowest BCUT2D eigenvalue weighted by Gasteiger charge is -2.52. The van der Waals surface area contributed by atoms with Gasteiger partial charge in [0.15, 0.2) is 0 Å². The number of carbonyl (C=O) groups is 1. The van der Waals surface area contributed by atoms with Gasteiger partial charge in [0.25, 0.3) is 5.91 Å². The number of amides is 1. The summed E-state index contributed by atoms with van der Waals surface area (Å²) in [4.78, 5) is 30.9. The molecule has 2 fully saturated rings. The number of carbonyl (C=O) groups excluding carboxylic acids is 1. The van der Waals surface area contributed by atoms with E-state index in [9.17, 15) is 4.79 Å². The third-order valence-corrected chi connectivity index (χ3v) is 4.99. The largest absolute Gasteiger partial charge is 0.371 e. The Morgan fingerprint density at radius 1 is 1.27 bits per heavy atom. The molecule has 0 unspecified atom stereocenters. The molecule has 2 aliphatic rings. The van der Waals surface area contributed by atoms with Crippen LogP contribution in [-0.4, -0.2) is 62.6 Å². The first kappa shape index (κ1) is 16.8. The van der Waals surface area contributed by atoms with Crippen molar-refractivity contribution in [2.75, 3.05) is 31.6 Å². The van der Waals surface area contributed by atoms with Crippen LogP contribution < -0.4 is 5.32 Å². The highest BCUT2D eigenvalue weighted by Gasteiger charge is 2.48. The highest BCUT2D eigenvalue weighted by Crippen LogP contribution is 2.36. The third kappa shape index (κ3) is 3.50. The van der Waals surface area contributed by atoms with Crippen LogP contribution in [0.4, 0.5) is 5.95 Å². The van der Waals surface area contributed by atoms with E-state index in [0.717, 1.165) is 25.1 Å². The van der Waals surface area contributed by atoms with Gasteiger partial charge in [0.1, 0.15) is 11.3 Å². The predicted octanol–water partition coefficient (Wildman–Crippen LogP) is 1.31. The Balaban J connectivity index is 1.24. The smallest absolute Gasteiger partial charge is 0.274 e. The fourth-order valence-electron chi connectivity index (χ4n) is 3.41. The number of aryl methyl sites for hydroxylation is 1. The molecule has 26 heavy (non-hydrogen) atoms. The molecule has 1 spiro atoms. The molecule has 2 saturated heterocycles. The van der Waals surface area contributed by atoms with E-state index in [2.05, 4.69) is 25.3 Å². The second kappa shape index (κ2) is 6.95. The van der Waals surface area contributed by atoms with Crippen molar-refractivity contribution in [2.45, 2.75) is 25.4 Å². The molecule has 136 valence electrons. The molecule has 4 rings (SSSR count). The minimum atomic E-state index is -0.187. The van der Waals surface area contributed by atoms with E-state index in [4.69, 9.17) is 4.74 Å². The maximum absolute atomic E-state index is 12.4. The number of hydrogen-bond donors (Lipinski definition) is 1. The van der Waals surface area contributed by atoms with Gasteiger partial charge in [0, 0.05) is 25.1 Å². The van der Waals surface area contributed by atoms with E-state index < -0.39 is 0 Å². The zero-order chi connectivity index (χ0) is 18.0. The number of nitrogens with one attached hydrogen (secondary N) is 1. The normalized spacial score (nSPS) is 21.3. The van der Waals surface area contributed by atoms with E-state index >= 15 is 0 Å². The molecule has 8 heteroatoms. The topological polar surface area (TPSA) is 93.1 Å². The Labute approximate surface area is 152 Å². The number of rotatable bonds is 4. The highest BCUT2D eigenvalue weighted by atomic mass is 16.5. The van der Waals surface area contributed by atoms with Gasteiger partial charge >= 0.3 is 0 Å². The summed E-state index contributed by atoms with van der Waals surface area (Å²) < 4.78 is 6.13. The van der Waals surface area contributed by atoms with Gasteiger partial charge in [-0.3, -0.25) is 9.78 Å². The van der Waals surface area contributed by atoms with Crippen LogP contribution in [0.25, 0.3) is 0 Å². The fourth-order valence-corrected chi connectivity index (χ4v) is 3.41. The van der Waals surface area contributed by atoms with Crippen LogP contribution in [0, 0.1) is 12.8 Å². The molecule has 2 aromatic heterocycles. The van der Waals surface area contributed by atoms with E-state index in [1.165, 1.54) is 6.20 Å². The summed E-state index contributed by atoms with van der Waals surface area (Å²) in [7, 11) is 0. The molecule has 2 aromatic rings. The molecule has 0 aromatic carbocycles. The van der Waals surface area contributed by atoms with Crippen LogP contribution in [0.1, 0.15) is 29.0 Å². The standard InChI is InChI=1S/C18H22N6O2/c1-13-7-22-15(9-21-13)16(25)24-11-18(12-24)4-3-14(10-26-18)8-23-17-19-5-2-6-20-17/h2,5-7,9,14H,3-4,8,10-12H2,1H3,(H,19,20,23)/t14-/m0/s1. The van der Waals surface area contributed by atoms with E-state index in [-0.39, 0.29) is 11.5 Å². The molecule has 1 amide bonds. The van der Waals surface area contributed by atoms with Crippen molar-refractivity contribution in [3.8, 4) is 0 Å². The second-order valence-corrected chi connectivity index (χ2v) is 7.06. The predicted molar refractivity (Wildman–Crippen MR) is 94.6 cm³/mol. The molecule has 0 saturated carbocycles. The zero-order valence-electron chi connectivity index (χ0n) is 14.8. The van der Waals surface area contributed by atoms with Crippen LogP contribution in [0.15, 0.2) is 30.9 Å². The number of anilines is 1. The zero-order valence-corrected chi connectivity index (χ0v) is 14.8. The summed E-state index contributed by atoms with van der Waals surface area (Å²) in [6, 6.07) is 1.80. The Bertz CT molecular complexity index is 751. The van der Waals surface area contributed by atoms with Gasteiger partial charge in [-0.25, -0.2) is 15.0 Å². The van der Waals surface area contributed by atoms with Crippen molar-refractivity contribution in [2.24, 2.45) is 5.92 Å². The first-order chi connectivity index (χ1) is 12.6. The summed E-state index contributed by atoms with van der Waals surface area (Å²) in [5.74, 6) is 1.00. The van der Waals surface area contributed by atoms with Crippen LogP contribution in [0.3, 0.4) is 0 Å². The summed E-state index contributed by atoms with van der Waals surface area (Å²) in [6.45, 7) is 4.59. The monoisotopic (exact) mass is 354 g/mol. The number of ether oxygens (including phenoxy) is 1. The van der Waals surface area contributed by atoms with Crippen molar-refractivity contribution < 1.29 is 9.53 Å². The van der Waals surface area contributed by atoms with Crippen molar-refractivity contribution in [1.82, 2.24) is 24.8 Å². The van der Waals surface area contributed by atoms with Crippen molar-refractivity contribution in [3.63, 3.8) is 0 Å². The minimum absolute atomic E-state index is 0.0725. The average Bonchev–Trinajstić information content (AvgIpc) is 2.66. The van der Waals surface area contributed by atoms with Crippen LogP contribution in [0.5, 0.6) is 0 Å². The van der Waals surface area contributed by atoms with E-state index in [1.807, 2.05) is 6.92 Å². The molecular weight excluding hydrogens is 332 g/mol. The number of likely N-dealkylation sites (tertiary alicyclic amines) is 1. The average molecular weight is 354 g/mol. The Morgan fingerprint density at radius 2 is 2.08 bits per heavy atom. The van der Waals surface area contributed by atoms with Crippen molar-refractivity contribution in [3.05, 3.63) is 42.2 Å². The quantitative estimate of drug-likeness (QED) is 0.885. The van der Waals surface area contributed by atoms with Gasteiger partial charge in [-0.05, 0) is 31.7 Å². The molecule has 0 aliphatic carbocycles. The van der Waals surface area contributed by atoms with Gasteiger partial charge in [-0.2, -0.15) is 0 Å². The number of hydrogen-bond acceptors (Lipinski definition) is 7. The summed E-state index contributed by atoms with van der Waals surface area (Å²) in [5, 5.41) is 3.25. The Morgan fingerprint density at radius 3 is 2.73 bits per heavy atom. The summed E-state index contributed by atoms with van der Waals surface area (Å²) in [6.07, 6.45) is 8.62. The molecule has 8 nitrogen and oxygen atoms in total. The van der Waals surface area contributed by atoms with Gasteiger partial charge < -0.3 is 15.0 Å². The number of aromatic nitrogens is 4. The fraction of sp³-hybridized carbons (Fsp3) is 0.500. The van der Waals surface area contributed by atoms with Crippen molar-refractivity contribution >= 4 is 11.9 Å². The van der Waals surface area contributed by atoms with Gasteiger partial charge in [-0.15, -0.1) is 0 Å². The minimum Gasteiger partial charge on any atom is -0.371 e. The van der Waals surface area contributed by atoms with Crippen LogP contribution in [0.2, 0.25) is 0 Å².